The predicted molar refractivity (Wildman–Crippen MR) is 95.5 cm³/mol. The number of nitrogens with zero attached hydrogens (tertiary/aromatic N) is 3. The molecule has 1 amide bonds. The van der Waals surface area contributed by atoms with Crippen LogP contribution in [0.4, 0.5) is 0 Å². The number of hydrogen-bond donors (Lipinski definition) is 1. The Morgan fingerprint density at radius 2 is 2.00 bits per heavy atom. The first kappa shape index (κ1) is 16.3. The number of carbonyl (C=O) groups excluding carboxylic acids is 1. The summed E-state index contributed by atoms with van der Waals surface area (Å²) in [5.74, 6) is -0.112. The first-order valence-corrected chi connectivity index (χ1v) is 8.79. The van der Waals surface area contributed by atoms with Gasteiger partial charge < -0.3 is 9.88 Å². The van der Waals surface area contributed by atoms with Crippen molar-refractivity contribution in [3.63, 3.8) is 0 Å². The molecule has 0 spiro atoms. The zero-order valence-corrected chi connectivity index (χ0v) is 14.3. The molecule has 0 fully saturated rings. The van der Waals surface area contributed by atoms with Crippen LogP contribution in [0.2, 0.25) is 0 Å². The first-order chi connectivity index (χ1) is 11.7. The Balaban J connectivity index is 1.72. The SMILES string of the molecule is CSc1ncccc1C(=O)N[C@@H](C)c1ccc(-n2ccnc2)cc1. The summed E-state index contributed by atoms with van der Waals surface area (Å²) in [5.41, 5.74) is 2.68. The van der Waals surface area contributed by atoms with Crippen molar-refractivity contribution in [3.05, 3.63) is 72.4 Å². The molecular formula is C18H18N4OS. The van der Waals surface area contributed by atoms with Crippen molar-refractivity contribution in [3.8, 4) is 5.69 Å². The first-order valence-electron chi connectivity index (χ1n) is 7.57. The van der Waals surface area contributed by atoms with Crippen LogP contribution in [0.15, 0.2) is 66.3 Å². The monoisotopic (exact) mass is 338 g/mol. The molecule has 6 heteroatoms. The van der Waals surface area contributed by atoms with E-state index in [0.717, 1.165) is 16.3 Å². The number of carbonyl (C=O) groups is 1. The maximum atomic E-state index is 12.5. The standard InChI is InChI=1S/C18H18N4OS/c1-13(21-17(23)16-4-3-9-20-18(16)24-2)14-5-7-15(8-6-14)22-11-10-19-12-22/h3-13H,1-2H3,(H,21,23)/t13-/m0/s1. The minimum absolute atomic E-state index is 0.0933. The van der Waals surface area contributed by atoms with E-state index in [-0.39, 0.29) is 11.9 Å². The maximum absolute atomic E-state index is 12.5. The third-order valence-electron chi connectivity index (χ3n) is 3.75. The van der Waals surface area contributed by atoms with Crippen LogP contribution >= 0.6 is 11.8 Å². The van der Waals surface area contributed by atoms with E-state index in [9.17, 15) is 4.79 Å². The Bertz CT molecular complexity index is 815. The molecule has 122 valence electrons. The fraction of sp³-hybridized carbons (Fsp3) is 0.167. The summed E-state index contributed by atoms with van der Waals surface area (Å²) in [6, 6.07) is 11.5. The molecule has 24 heavy (non-hydrogen) atoms. The fourth-order valence-corrected chi connectivity index (χ4v) is 2.98. The highest BCUT2D eigenvalue weighted by Gasteiger charge is 2.15. The van der Waals surface area contributed by atoms with Crippen molar-refractivity contribution in [2.24, 2.45) is 0 Å². The molecule has 1 atom stereocenters. The van der Waals surface area contributed by atoms with Crippen molar-refractivity contribution >= 4 is 17.7 Å². The average Bonchev–Trinajstić information content (AvgIpc) is 3.16. The Hall–Kier alpha value is -2.60. The summed E-state index contributed by atoms with van der Waals surface area (Å²) in [5, 5.41) is 3.76. The number of thioether (sulfide) groups is 1. The van der Waals surface area contributed by atoms with Gasteiger partial charge in [0.15, 0.2) is 0 Å². The molecule has 0 aliphatic rings. The Morgan fingerprint density at radius 3 is 2.67 bits per heavy atom. The molecule has 3 rings (SSSR count). The van der Waals surface area contributed by atoms with Gasteiger partial charge in [-0.3, -0.25) is 4.79 Å². The van der Waals surface area contributed by atoms with Crippen LogP contribution in [0.3, 0.4) is 0 Å². The summed E-state index contributed by atoms with van der Waals surface area (Å²) < 4.78 is 1.94. The number of imidazole rings is 1. The molecule has 3 aromatic rings. The van der Waals surface area contributed by atoms with Gasteiger partial charge in [-0.1, -0.05) is 12.1 Å². The third kappa shape index (κ3) is 3.49. The lowest BCUT2D eigenvalue weighted by Gasteiger charge is -2.16. The van der Waals surface area contributed by atoms with Gasteiger partial charge >= 0.3 is 0 Å². The second-order valence-corrected chi connectivity index (χ2v) is 6.11. The zero-order valence-electron chi connectivity index (χ0n) is 13.5. The summed E-state index contributed by atoms with van der Waals surface area (Å²) in [4.78, 5) is 20.8. The normalized spacial score (nSPS) is 11.9. The Labute approximate surface area is 145 Å². The van der Waals surface area contributed by atoms with E-state index in [4.69, 9.17) is 0 Å². The number of amides is 1. The van der Waals surface area contributed by atoms with Gasteiger partial charge in [0.05, 0.1) is 17.9 Å². The number of benzene rings is 1. The number of aromatic nitrogens is 3. The zero-order chi connectivity index (χ0) is 16.9. The Kier molecular flexibility index (Phi) is 4.96. The highest BCUT2D eigenvalue weighted by atomic mass is 32.2. The lowest BCUT2D eigenvalue weighted by atomic mass is 10.1. The van der Waals surface area contributed by atoms with Crippen LogP contribution in [-0.4, -0.2) is 26.7 Å². The second-order valence-electron chi connectivity index (χ2n) is 5.32. The van der Waals surface area contributed by atoms with E-state index in [1.54, 1.807) is 30.9 Å². The molecule has 2 aromatic heterocycles. The maximum Gasteiger partial charge on any atom is 0.254 e. The summed E-state index contributed by atoms with van der Waals surface area (Å²) in [6.45, 7) is 1.97. The number of rotatable bonds is 5. The van der Waals surface area contributed by atoms with Gasteiger partial charge in [-0.2, -0.15) is 0 Å². The minimum atomic E-state index is -0.112. The number of hydrogen-bond acceptors (Lipinski definition) is 4. The molecule has 2 heterocycles. The van der Waals surface area contributed by atoms with Gasteiger partial charge in [-0.25, -0.2) is 9.97 Å². The fourth-order valence-electron chi connectivity index (χ4n) is 2.43. The second kappa shape index (κ2) is 7.31. The van der Waals surface area contributed by atoms with E-state index < -0.39 is 0 Å². The highest BCUT2D eigenvalue weighted by Crippen LogP contribution is 2.19. The van der Waals surface area contributed by atoms with Gasteiger partial charge in [0.1, 0.15) is 5.03 Å². The van der Waals surface area contributed by atoms with Gasteiger partial charge in [-0.15, -0.1) is 11.8 Å². The molecule has 1 aromatic carbocycles. The highest BCUT2D eigenvalue weighted by molar-refractivity contribution is 7.98. The van der Waals surface area contributed by atoms with Crippen LogP contribution in [0.25, 0.3) is 5.69 Å². The molecule has 0 saturated heterocycles. The van der Waals surface area contributed by atoms with Crippen molar-refractivity contribution in [1.82, 2.24) is 19.9 Å². The topological polar surface area (TPSA) is 59.8 Å². The molecule has 1 N–H and O–H groups in total. The van der Waals surface area contributed by atoms with Crippen LogP contribution in [0, 0.1) is 0 Å². The summed E-state index contributed by atoms with van der Waals surface area (Å²) in [7, 11) is 0. The smallest absolute Gasteiger partial charge is 0.254 e. The quantitative estimate of drug-likeness (QED) is 0.724. The molecule has 0 radical (unpaired) electrons. The van der Waals surface area contributed by atoms with Gasteiger partial charge in [0, 0.05) is 24.3 Å². The third-order valence-corrected chi connectivity index (χ3v) is 4.46. The van der Waals surface area contributed by atoms with Crippen LogP contribution < -0.4 is 5.32 Å². The van der Waals surface area contributed by atoms with Gasteiger partial charge in [-0.05, 0) is 43.0 Å². The average molecular weight is 338 g/mol. The van der Waals surface area contributed by atoms with Gasteiger partial charge in [0.2, 0.25) is 0 Å². The number of nitrogens with one attached hydrogen (secondary N) is 1. The van der Waals surface area contributed by atoms with Crippen molar-refractivity contribution in [2.75, 3.05) is 6.26 Å². The molecule has 0 bridgehead atoms. The molecule has 0 aliphatic carbocycles. The van der Waals surface area contributed by atoms with Crippen LogP contribution in [0.5, 0.6) is 0 Å². The lowest BCUT2D eigenvalue weighted by Crippen LogP contribution is -2.27. The Morgan fingerprint density at radius 1 is 1.21 bits per heavy atom. The summed E-state index contributed by atoms with van der Waals surface area (Å²) in [6.07, 6.45) is 9.01. The van der Waals surface area contributed by atoms with E-state index >= 15 is 0 Å². The van der Waals surface area contributed by atoms with E-state index in [0.29, 0.717) is 5.56 Å². The van der Waals surface area contributed by atoms with Crippen LogP contribution in [-0.2, 0) is 0 Å². The van der Waals surface area contributed by atoms with Crippen LogP contribution in [0.1, 0.15) is 28.9 Å². The lowest BCUT2D eigenvalue weighted by molar-refractivity contribution is 0.0936. The number of pyridine rings is 1. The van der Waals surface area contributed by atoms with E-state index in [2.05, 4.69) is 15.3 Å². The summed E-state index contributed by atoms with van der Waals surface area (Å²) >= 11 is 1.47. The van der Waals surface area contributed by atoms with E-state index in [1.807, 2.05) is 48.2 Å². The molecule has 0 unspecified atom stereocenters. The molecule has 5 nitrogen and oxygen atoms in total. The van der Waals surface area contributed by atoms with E-state index in [1.165, 1.54) is 11.8 Å². The van der Waals surface area contributed by atoms with Gasteiger partial charge in [0.25, 0.3) is 5.91 Å². The minimum Gasteiger partial charge on any atom is -0.345 e. The van der Waals surface area contributed by atoms with Crippen molar-refractivity contribution < 1.29 is 4.79 Å². The largest absolute Gasteiger partial charge is 0.345 e. The molecule has 0 saturated carbocycles. The molecule has 0 aliphatic heterocycles. The van der Waals surface area contributed by atoms with Crippen molar-refractivity contribution in [1.29, 1.82) is 0 Å². The predicted octanol–water partition coefficient (Wildman–Crippen LogP) is 3.48. The molecular weight excluding hydrogens is 320 g/mol. The van der Waals surface area contributed by atoms with Crippen molar-refractivity contribution in [2.45, 2.75) is 18.0 Å².